The van der Waals surface area contributed by atoms with Gasteiger partial charge in [-0.25, -0.2) is 0 Å². The Kier molecular flexibility index (Phi) is 3.98. The van der Waals surface area contributed by atoms with Crippen LogP contribution in [0.3, 0.4) is 0 Å². The van der Waals surface area contributed by atoms with Gasteiger partial charge in [0.25, 0.3) is 0 Å². The lowest BCUT2D eigenvalue weighted by atomic mass is 10.0. The van der Waals surface area contributed by atoms with E-state index < -0.39 is 0 Å². The smallest absolute Gasteiger partial charge is 0.160 e. The van der Waals surface area contributed by atoms with E-state index in [4.69, 9.17) is 4.74 Å². The first-order valence-electron chi connectivity index (χ1n) is 4.85. The third-order valence-electron chi connectivity index (χ3n) is 2.27. The van der Waals surface area contributed by atoms with Gasteiger partial charge in [-0.05, 0) is 23.6 Å². The van der Waals surface area contributed by atoms with Gasteiger partial charge >= 0.3 is 0 Å². The van der Waals surface area contributed by atoms with E-state index in [9.17, 15) is 5.11 Å². The number of benzene rings is 1. The summed E-state index contributed by atoms with van der Waals surface area (Å²) >= 11 is 0. The van der Waals surface area contributed by atoms with Crippen LogP contribution < -0.4 is 4.74 Å². The van der Waals surface area contributed by atoms with Crippen LogP contribution in [0.1, 0.15) is 18.4 Å². The molecule has 0 bridgehead atoms. The monoisotopic (exact) mass is 204 g/mol. The van der Waals surface area contributed by atoms with Crippen molar-refractivity contribution in [2.45, 2.75) is 12.8 Å². The van der Waals surface area contributed by atoms with Gasteiger partial charge in [0, 0.05) is 0 Å². The Morgan fingerprint density at radius 2 is 2.20 bits per heavy atom. The maximum absolute atomic E-state index is 9.43. The Morgan fingerprint density at radius 1 is 1.47 bits per heavy atom. The largest absolute Gasteiger partial charge is 0.504 e. The van der Waals surface area contributed by atoms with Crippen molar-refractivity contribution >= 4 is 0 Å². The molecular weight excluding hydrogens is 188 g/mol. The lowest BCUT2D eigenvalue weighted by Gasteiger charge is -2.09. The summed E-state index contributed by atoms with van der Waals surface area (Å²) in [4.78, 5) is 0. The molecule has 0 saturated heterocycles. The van der Waals surface area contributed by atoms with Gasteiger partial charge in [0.05, 0.1) is 7.11 Å². The van der Waals surface area contributed by atoms with Crippen molar-refractivity contribution in [1.29, 1.82) is 0 Å². The molecule has 80 valence electrons. The van der Waals surface area contributed by atoms with Crippen LogP contribution in [-0.2, 0) is 0 Å². The standard InChI is InChI=1S/C13H16O2/c1-4-5-6-10(2)11-7-8-12(14)13(9-11)15-3/h4-10,14H,1H2,2-3H3/b6-5+. The molecule has 0 spiro atoms. The fraction of sp³-hybridized carbons (Fsp3) is 0.231. The first-order chi connectivity index (χ1) is 7.19. The average molecular weight is 204 g/mol. The second-order valence-corrected chi connectivity index (χ2v) is 3.34. The van der Waals surface area contributed by atoms with Gasteiger partial charge in [-0.1, -0.05) is 37.8 Å². The lowest BCUT2D eigenvalue weighted by Crippen LogP contribution is -1.91. The first-order valence-corrected chi connectivity index (χ1v) is 4.85. The van der Waals surface area contributed by atoms with Crippen molar-refractivity contribution in [3.8, 4) is 11.5 Å². The second kappa shape index (κ2) is 5.25. The van der Waals surface area contributed by atoms with E-state index in [0.29, 0.717) is 5.75 Å². The lowest BCUT2D eigenvalue weighted by molar-refractivity contribution is 0.373. The molecule has 0 radical (unpaired) electrons. The van der Waals surface area contributed by atoms with E-state index in [-0.39, 0.29) is 11.7 Å². The normalized spacial score (nSPS) is 12.7. The molecule has 0 amide bonds. The van der Waals surface area contributed by atoms with Gasteiger partial charge < -0.3 is 9.84 Å². The van der Waals surface area contributed by atoms with Crippen LogP contribution in [0, 0.1) is 0 Å². The molecule has 1 unspecified atom stereocenters. The molecule has 1 atom stereocenters. The maximum atomic E-state index is 9.43. The SMILES string of the molecule is C=C/C=C/C(C)c1ccc(O)c(OC)c1. The summed E-state index contributed by atoms with van der Waals surface area (Å²) in [5.74, 6) is 0.949. The fourth-order valence-corrected chi connectivity index (χ4v) is 1.33. The van der Waals surface area contributed by atoms with Crippen molar-refractivity contribution in [3.63, 3.8) is 0 Å². The molecule has 0 aliphatic heterocycles. The van der Waals surface area contributed by atoms with Crippen molar-refractivity contribution in [2.75, 3.05) is 7.11 Å². The summed E-state index contributed by atoms with van der Waals surface area (Å²) < 4.78 is 5.05. The van der Waals surface area contributed by atoms with E-state index in [1.165, 1.54) is 0 Å². The number of ether oxygens (including phenoxy) is 1. The van der Waals surface area contributed by atoms with Crippen LogP contribution in [0.4, 0.5) is 0 Å². The Bertz CT molecular complexity index is 367. The van der Waals surface area contributed by atoms with Gasteiger partial charge in [-0.15, -0.1) is 0 Å². The molecular formula is C13H16O2. The maximum Gasteiger partial charge on any atom is 0.160 e. The van der Waals surface area contributed by atoms with Crippen LogP contribution in [0.25, 0.3) is 0 Å². The molecule has 15 heavy (non-hydrogen) atoms. The van der Waals surface area contributed by atoms with Crippen molar-refractivity contribution in [2.24, 2.45) is 0 Å². The minimum atomic E-state index is 0.168. The zero-order valence-corrected chi connectivity index (χ0v) is 9.10. The highest BCUT2D eigenvalue weighted by molar-refractivity contribution is 5.43. The summed E-state index contributed by atoms with van der Waals surface area (Å²) in [7, 11) is 1.54. The zero-order chi connectivity index (χ0) is 11.3. The van der Waals surface area contributed by atoms with Crippen LogP contribution >= 0.6 is 0 Å². The number of aromatic hydroxyl groups is 1. The molecule has 1 aromatic carbocycles. The fourth-order valence-electron chi connectivity index (χ4n) is 1.33. The molecule has 0 aliphatic rings. The first kappa shape index (κ1) is 11.4. The topological polar surface area (TPSA) is 29.5 Å². The van der Waals surface area contributed by atoms with Gasteiger partial charge in [-0.2, -0.15) is 0 Å². The number of phenolic OH excluding ortho intramolecular Hbond substituents is 1. The number of rotatable bonds is 4. The predicted octanol–water partition coefficient (Wildman–Crippen LogP) is 3.25. The number of allylic oxidation sites excluding steroid dienone is 3. The molecule has 1 rings (SSSR count). The summed E-state index contributed by atoms with van der Waals surface area (Å²) in [6, 6.07) is 5.37. The minimum Gasteiger partial charge on any atom is -0.504 e. The predicted molar refractivity (Wildman–Crippen MR) is 62.4 cm³/mol. The van der Waals surface area contributed by atoms with Gasteiger partial charge in [0.15, 0.2) is 11.5 Å². The Labute approximate surface area is 90.5 Å². The Hall–Kier alpha value is -1.70. The summed E-state index contributed by atoms with van der Waals surface area (Å²) in [5, 5.41) is 9.43. The number of hydrogen-bond acceptors (Lipinski definition) is 2. The molecule has 0 fully saturated rings. The second-order valence-electron chi connectivity index (χ2n) is 3.34. The number of hydrogen-bond donors (Lipinski definition) is 1. The average Bonchev–Trinajstić information content (AvgIpc) is 2.26. The summed E-state index contributed by atoms with van der Waals surface area (Å²) in [6.45, 7) is 5.70. The van der Waals surface area contributed by atoms with Crippen LogP contribution in [0.5, 0.6) is 11.5 Å². The number of phenols is 1. The molecule has 0 heterocycles. The van der Waals surface area contributed by atoms with E-state index in [2.05, 4.69) is 13.5 Å². The summed E-state index contributed by atoms with van der Waals surface area (Å²) in [5.41, 5.74) is 1.10. The van der Waals surface area contributed by atoms with Crippen molar-refractivity contribution in [1.82, 2.24) is 0 Å². The molecule has 0 saturated carbocycles. The molecule has 1 N–H and O–H groups in total. The van der Waals surface area contributed by atoms with Gasteiger partial charge in [0.1, 0.15) is 0 Å². The third-order valence-corrected chi connectivity index (χ3v) is 2.27. The van der Waals surface area contributed by atoms with Gasteiger partial charge in [-0.3, -0.25) is 0 Å². The Balaban J connectivity index is 2.94. The molecule has 0 aromatic heterocycles. The van der Waals surface area contributed by atoms with Crippen LogP contribution in [-0.4, -0.2) is 12.2 Å². The summed E-state index contributed by atoms with van der Waals surface area (Å²) in [6.07, 6.45) is 5.69. The number of methoxy groups -OCH3 is 1. The quantitative estimate of drug-likeness (QED) is 0.763. The molecule has 1 aromatic rings. The highest BCUT2D eigenvalue weighted by atomic mass is 16.5. The molecule has 2 nitrogen and oxygen atoms in total. The minimum absolute atomic E-state index is 0.168. The third kappa shape index (κ3) is 2.88. The molecule has 0 aliphatic carbocycles. The van der Waals surface area contributed by atoms with Crippen molar-refractivity contribution in [3.05, 3.63) is 48.6 Å². The van der Waals surface area contributed by atoms with Crippen LogP contribution in [0.2, 0.25) is 0 Å². The van der Waals surface area contributed by atoms with Crippen LogP contribution in [0.15, 0.2) is 43.0 Å². The zero-order valence-electron chi connectivity index (χ0n) is 9.10. The van der Waals surface area contributed by atoms with Crippen molar-refractivity contribution < 1.29 is 9.84 Å². The van der Waals surface area contributed by atoms with E-state index in [1.54, 1.807) is 19.3 Å². The highest BCUT2D eigenvalue weighted by Gasteiger charge is 2.06. The van der Waals surface area contributed by atoms with E-state index in [1.807, 2.05) is 24.3 Å². The van der Waals surface area contributed by atoms with E-state index in [0.717, 1.165) is 5.56 Å². The van der Waals surface area contributed by atoms with Gasteiger partial charge in [0.2, 0.25) is 0 Å². The Morgan fingerprint density at radius 3 is 2.80 bits per heavy atom. The highest BCUT2D eigenvalue weighted by Crippen LogP contribution is 2.29. The molecule has 2 heteroatoms. The van der Waals surface area contributed by atoms with E-state index >= 15 is 0 Å².